The molecule has 1 unspecified atom stereocenters. The maximum atomic E-state index is 13.9. The molecule has 23 heavy (non-hydrogen) atoms. The van der Waals surface area contributed by atoms with Crippen molar-refractivity contribution in [2.24, 2.45) is 5.92 Å². The van der Waals surface area contributed by atoms with Gasteiger partial charge in [0, 0.05) is 18.3 Å². The van der Waals surface area contributed by atoms with E-state index in [9.17, 15) is 13.6 Å². The number of nitrogens with one attached hydrogen (secondary N) is 1. The molecule has 0 spiro atoms. The van der Waals surface area contributed by atoms with E-state index in [4.69, 9.17) is 4.74 Å². The standard InChI is InChI=1S/C16H17F2N3O2/c1-9(10-3-4-10)21-8-11(7-19-21)20-16(22)15-13(17)5-12(23-2)6-14(15)18/h5-10H,3-4H2,1-2H3,(H,20,22). The molecule has 1 amide bonds. The van der Waals surface area contributed by atoms with Gasteiger partial charge >= 0.3 is 0 Å². The predicted molar refractivity (Wildman–Crippen MR) is 80.5 cm³/mol. The fraction of sp³-hybridized carbons (Fsp3) is 0.375. The highest BCUT2D eigenvalue weighted by atomic mass is 19.1. The molecule has 1 aromatic carbocycles. The first-order chi connectivity index (χ1) is 11.0. The van der Waals surface area contributed by atoms with Gasteiger partial charge in [-0.3, -0.25) is 9.48 Å². The number of halogens is 2. The van der Waals surface area contributed by atoms with Crippen LogP contribution in [0.2, 0.25) is 0 Å². The number of anilines is 1. The lowest BCUT2D eigenvalue weighted by atomic mass is 10.1. The third kappa shape index (κ3) is 3.18. The third-order valence-corrected chi connectivity index (χ3v) is 4.06. The Kier molecular flexibility index (Phi) is 4.02. The molecule has 122 valence electrons. The number of methoxy groups -OCH3 is 1. The Balaban J connectivity index is 1.77. The van der Waals surface area contributed by atoms with Crippen molar-refractivity contribution in [1.82, 2.24) is 9.78 Å². The molecule has 1 heterocycles. The highest BCUT2D eigenvalue weighted by molar-refractivity contribution is 6.04. The van der Waals surface area contributed by atoms with Crippen LogP contribution < -0.4 is 10.1 Å². The average Bonchev–Trinajstić information content (AvgIpc) is 3.25. The maximum Gasteiger partial charge on any atom is 0.261 e. The van der Waals surface area contributed by atoms with Gasteiger partial charge in [-0.2, -0.15) is 5.10 Å². The van der Waals surface area contributed by atoms with Crippen molar-refractivity contribution in [2.45, 2.75) is 25.8 Å². The molecular weight excluding hydrogens is 304 g/mol. The Morgan fingerprint density at radius 1 is 1.39 bits per heavy atom. The van der Waals surface area contributed by atoms with Crippen LogP contribution in [0.3, 0.4) is 0 Å². The largest absolute Gasteiger partial charge is 0.497 e. The molecule has 0 aliphatic heterocycles. The Hall–Kier alpha value is -2.44. The van der Waals surface area contributed by atoms with Gasteiger partial charge in [0.15, 0.2) is 0 Å². The zero-order chi connectivity index (χ0) is 16.6. The molecule has 0 bridgehead atoms. The van der Waals surface area contributed by atoms with Gasteiger partial charge in [0.25, 0.3) is 5.91 Å². The van der Waals surface area contributed by atoms with E-state index in [1.165, 1.54) is 26.1 Å². The monoisotopic (exact) mass is 321 g/mol. The molecule has 0 radical (unpaired) electrons. The molecule has 5 nitrogen and oxygen atoms in total. The number of carbonyl (C=O) groups is 1. The topological polar surface area (TPSA) is 56.1 Å². The number of hydrogen-bond acceptors (Lipinski definition) is 3. The van der Waals surface area contributed by atoms with Gasteiger partial charge in [0.2, 0.25) is 0 Å². The summed E-state index contributed by atoms with van der Waals surface area (Å²) in [4.78, 5) is 12.1. The summed E-state index contributed by atoms with van der Waals surface area (Å²) in [6.07, 6.45) is 5.48. The van der Waals surface area contributed by atoms with Gasteiger partial charge in [-0.05, 0) is 25.7 Å². The van der Waals surface area contributed by atoms with Crippen molar-refractivity contribution in [1.29, 1.82) is 0 Å². The molecule has 1 saturated carbocycles. The fourth-order valence-corrected chi connectivity index (χ4v) is 2.50. The van der Waals surface area contributed by atoms with Gasteiger partial charge in [-0.15, -0.1) is 0 Å². The van der Waals surface area contributed by atoms with Gasteiger partial charge < -0.3 is 10.1 Å². The highest BCUT2D eigenvalue weighted by Crippen LogP contribution is 2.39. The van der Waals surface area contributed by atoms with Crippen molar-refractivity contribution in [3.63, 3.8) is 0 Å². The zero-order valence-corrected chi connectivity index (χ0v) is 12.8. The van der Waals surface area contributed by atoms with Crippen molar-refractivity contribution in [3.05, 3.63) is 41.7 Å². The molecular formula is C16H17F2N3O2. The van der Waals surface area contributed by atoms with Crippen molar-refractivity contribution in [2.75, 3.05) is 12.4 Å². The number of carbonyl (C=O) groups excluding carboxylic acids is 1. The lowest BCUT2D eigenvalue weighted by Crippen LogP contribution is -2.16. The second-order valence-electron chi connectivity index (χ2n) is 5.71. The second kappa shape index (κ2) is 5.98. The Bertz CT molecular complexity index is 718. The van der Waals surface area contributed by atoms with Gasteiger partial charge in [-0.25, -0.2) is 8.78 Å². The molecule has 1 aliphatic rings. The molecule has 1 aromatic heterocycles. The van der Waals surface area contributed by atoms with Crippen LogP contribution in [0.4, 0.5) is 14.5 Å². The second-order valence-corrected chi connectivity index (χ2v) is 5.71. The number of benzene rings is 1. The summed E-state index contributed by atoms with van der Waals surface area (Å²) in [6, 6.07) is 2.18. The average molecular weight is 321 g/mol. The van der Waals surface area contributed by atoms with Crippen molar-refractivity contribution in [3.8, 4) is 5.75 Å². The molecule has 1 N–H and O–H groups in total. The number of amides is 1. The maximum absolute atomic E-state index is 13.9. The first kappa shape index (κ1) is 15.5. The number of aromatic nitrogens is 2. The van der Waals surface area contributed by atoms with Crippen LogP contribution in [0.1, 0.15) is 36.2 Å². The summed E-state index contributed by atoms with van der Waals surface area (Å²) >= 11 is 0. The van der Waals surface area contributed by atoms with E-state index in [0.717, 1.165) is 12.1 Å². The Morgan fingerprint density at radius 3 is 2.61 bits per heavy atom. The summed E-state index contributed by atoms with van der Waals surface area (Å²) in [7, 11) is 1.30. The van der Waals surface area contributed by atoms with Gasteiger partial charge in [-0.1, -0.05) is 0 Å². The third-order valence-electron chi connectivity index (χ3n) is 4.06. The van der Waals surface area contributed by atoms with Crippen LogP contribution in [0.25, 0.3) is 0 Å². The summed E-state index contributed by atoms with van der Waals surface area (Å²) in [5.74, 6) is -2.19. The van der Waals surface area contributed by atoms with Crippen LogP contribution in [0, 0.1) is 17.6 Å². The van der Waals surface area contributed by atoms with Crippen LogP contribution in [-0.4, -0.2) is 22.8 Å². The van der Waals surface area contributed by atoms with Gasteiger partial charge in [0.1, 0.15) is 22.9 Å². The van der Waals surface area contributed by atoms with Crippen LogP contribution >= 0.6 is 0 Å². The summed E-state index contributed by atoms with van der Waals surface area (Å²) in [5.41, 5.74) is -0.245. The van der Waals surface area contributed by atoms with E-state index in [0.29, 0.717) is 11.6 Å². The minimum atomic E-state index is -0.974. The van der Waals surface area contributed by atoms with Crippen molar-refractivity contribution >= 4 is 11.6 Å². The van der Waals surface area contributed by atoms with E-state index in [2.05, 4.69) is 17.3 Å². The van der Waals surface area contributed by atoms with E-state index in [-0.39, 0.29) is 11.8 Å². The number of ether oxygens (including phenoxy) is 1. The van der Waals surface area contributed by atoms with E-state index in [1.807, 2.05) is 0 Å². The summed E-state index contributed by atoms with van der Waals surface area (Å²) < 4.78 is 34.3. The minimum absolute atomic E-state index is 0.0163. The molecule has 3 rings (SSSR count). The normalized spacial score (nSPS) is 15.3. The van der Waals surface area contributed by atoms with Gasteiger partial charge in [0.05, 0.1) is 25.0 Å². The van der Waals surface area contributed by atoms with Crippen LogP contribution in [-0.2, 0) is 0 Å². The molecule has 7 heteroatoms. The number of nitrogens with zero attached hydrogens (tertiary/aromatic N) is 2. The molecule has 2 aromatic rings. The van der Waals surface area contributed by atoms with E-state index < -0.39 is 23.1 Å². The first-order valence-corrected chi connectivity index (χ1v) is 7.38. The SMILES string of the molecule is COc1cc(F)c(C(=O)Nc2cnn(C(C)C3CC3)c2)c(F)c1. The van der Waals surface area contributed by atoms with Crippen LogP contribution in [0.15, 0.2) is 24.5 Å². The molecule has 1 aliphatic carbocycles. The van der Waals surface area contributed by atoms with E-state index >= 15 is 0 Å². The lowest BCUT2D eigenvalue weighted by molar-refractivity contribution is 0.101. The number of hydrogen-bond donors (Lipinski definition) is 1. The zero-order valence-electron chi connectivity index (χ0n) is 12.8. The Labute approximate surface area is 132 Å². The minimum Gasteiger partial charge on any atom is -0.497 e. The Morgan fingerprint density at radius 2 is 2.04 bits per heavy atom. The quantitative estimate of drug-likeness (QED) is 0.918. The van der Waals surface area contributed by atoms with Crippen molar-refractivity contribution < 1.29 is 18.3 Å². The predicted octanol–water partition coefficient (Wildman–Crippen LogP) is 3.39. The lowest BCUT2D eigenvalue weighted by Gasteiger charge is -2.10. The summed E-state index contributed by atoms with van der Waals surface area (Å²) in [6.45, 7) is 2.05. The molecule has 0 saturated heterocycles. The van der Waals surface area contributed by atoms with E-state index in [1.54, 1.807) is 10.9 Å². The summed E-state index contributed by atoms with van der Waals surface area (Å²) in [5, 5.41) is 6.66. The highest BCUT2D eigenvalue weighted by Gasteiger charge is 2.29. The smallest absolute Gasteiger partial charge is 0.261 e. The molecule has 1 fully saturated rings. The number of rotatable bonds is 5. The first-order valence-electron chi connectivity index (χ1n) is 7.38. The molecule has 1 atom stereocenters. The van der Waals surface area contributed by atoms with Crippen LogP contribution in [0.5, 0.6) is 5.75 Å². The fourth-order valence-electron chi connectivity index (χ4n) is 2.50.